The van der Waals surface area contributed by atoms with Crippen molar-refractivity contribution in [2.45, 2.75) is 6.04 Å². The molecule has 2 aromatic rings. The zero-order valence-corrected chi connectivity index (χ0v) is 13.9. The largest absolute Gasteiger partial charge is 0.382 e. The van der Waals surface area contributed by atoms with Gasteiger partial charge in [-0.1, -0.05) is 29.8 Å². The number of para-hydroxylation sites is 1. The van der Waals surface area contributed by atoms with E-state index in [1.165, 1.54) is 11.2 Å². The molecular weight excluding hydrogens is 344 g/mol. The maximum absolute atomic E-state index is 12.8. The van der Waals surface area contributed by atoms with Crippen molar-refractivity contribution in [1.82, 2.24) is 14.9 Å². The van der Waals surface area contributed by atoms with Crippen molar-refractivity contribution in [2.75, 3.05) is 35.2 Å². The number of anilines is 3. The molecule has 0 radical (unpaired) electrons. The molecule has 9 heteroatoms. The molecule has 1 aromatic heterocycles. The van der Waals surface area contributed by atoms with Crippen molar-refractivity contribution in [3.63, 3.8) is 0 Å². The molecule has 1 unspecified atom stereocenters. The molecule has 3 heterocycles. The molecule has 2 N–H and O–H groups in total. The molecule has 0 saturated carbocycles. The number of nitrogens with two attached hydrogens (primary N) is 1. The van der Waals surface area contributed by atoms with Crippen LogP contribution in [0, 0.1) is 0 Å². The first-order valence-corrected chi connectivity index (χ1v) is 8.16. The molecule has 4 rings (SSSR count). The zero-order chi connectivity index (χ0) is 17.6. The molecule has 25 heavy (non-hydrogen) atoms. The van der Waals surface area contributed by atoms with Crippen LogP contribution in [-0.4, -0.2) is 52.5 Å². The number of imide groups is 1. The van der Waals surface area contributed by atoms with E-state index in [-0.39, 0.29) is 22.8 Å². The SMILES string of the molecule is Nc1ncnc(N2CCN3C(=O)N(c4ccccc4)C(=O)C3C2)c1Cl. The van der Waals surface area contributed by atoms with Gasteiger partial charge in [0.1, 0.15) is 23.2 Å². The molecule has 128 valence electrons. The third-order valence-corrected chi connectivity index (χ3v) is 4.80. The van der Waals surface area contributed by atoms with Crippen LogP contribution in [0.1, 0.15) is 0 Å². The van der Waals surface area contributed by atoms with Crippen molar-refractivity contribution in [1.29, 1.82) is 0 Å². The van der Waals surface area contributed by atoms with E-state index >= 15 is 0 Å². The minimum atomic E-state index is -0.575. The number of carbonyl (C=O) groups is 2. The summed E-state index contributed by atoms with van der Waals surface area (Å²) in [6.45, 7) is 1.22. The van der Waals surface area contributed by atoms with Gasteiger partial charge in [-0.15, -0.1) is 0 Å². The van der Waals surface area contributed by atoms with Crippen LogP contribution in [0.4, 0.5) is 22.1 Å². The van der Waals surface area contributed by atoms with E-state index in [0.29, 0.717) is 31.1 Å². The number of nitrogen functional groups attached to an aromatic ring is 1. The Hall–Kier alpha value is -2.87. The van der Waals surface area contributed by atoms with Crippen molar-refractivity contribution >= 4 is 40.9 Å². The first-order chi connectivity index (χ1) is 12.1. The highest BCUT2D eigenvalue weighted by molar-refractivity contribution is 6.35. The molecule has 0 spiro atoms. The Balaban J connectivity index is 1.62. The van der Waals surface area contributed by atoms with Crippen LogP contribution in [0.2, 0.25) is 5.02 Å². The van der Waals surface area contributed by atoms with Crippen LogP contribution in [-0.2, 0) is 4.79 Å². The Kier molecular flexibility index (Phi) is 3.69. The number of carbonyl (C=O) groups excluding carboxylic acids is 2. The Morgan fingerprint density at radius 1 is 1.12 bits per heavy atom. The minimum absolute atomic E-state index is 0.189. The second-order valence-electron chi connectivity index (χ2n) is 5.84. The lowest BCUT2D eigenvalue weighted by Crippen LogP contribution is -2.53. The first-order valence-electron chi connectivity index (χ1n) is 7.78. The summed E-state index contributed by atoms with van der Waals surface area (Å²) in [6.07, 6.45) is 1.33. The summed E-state index contributed by atoms with van der Waals surface area (Å²) < 4.78 is 0. The smallest absolute Gasteiger partial charge is 0.332 e. The third kappa shape index (κ3) is 2.45. The lowest BCUT2D eigenvalue weighted by atomic mass is 10.2. The second kappa shape index (κ2) is 5.89. The summed E-state index contributed by atoms with van der Waals surface area (Å²) >= 11 is 6.19. The Bertz CT molecular complexity index is 846. The van der Waals surface area contributed by atoms with Gasteiger partial charge in [0.15, 0.2) is 5.82 Å². The van der Waals surface area contributed by atoms with Gasteiger partial charge < -0.3 is 15.5 Å². The number of amides is 3. The second-order valence-corrected chi connectivity index (χ2v) is 6.22. The molecule has 2 fully saturated rings. The number of piperazine rings is 1. The predicted octanol–water partition coefficient (Wildman–Crippen LogP) is 1.37. The Labute approximate surface area is 148 Å². The molecule has 0 bridgehead atoms. The fourth-order valence-electron chi connectivity index (χ4n) is 3.20. The number of nitrogens with zero attached hydrogens (tertiary/aromatic N) is 5. The molecule has 2 aliphatic rings. The Morgan fingerprint density at radius 3 is 2.64 bits per heavy atom. The molecule has 2 saturated heterocycles. The zero-order valence-electron chi connectivity index (χ0n) is 13.2. The van der Waals surface area contributed by atoms with Crippen LogP contribution < -0.4 is 15.5 Å². The van der Waals surface area contributed by atoms with E-state index in [2.05, 4.69) is 9.97 Å². The number of hydrogen-bond acceptors (Lipinski definition) is 6. The van der Waals surface area contributed by atoms with Gasteiger partial charge in [0.2, 0.25) is 0 Å². The van der Waals surface area contributed by atoms with E-state index in [1.807, 2.05) is 11.0 Å². The van der Waals surface area contributed by atoms with Gasteiger partial charge in [0.05, 0.1) is 5.69 Å². The predicted molar refractivity (Wildman–Crippen MR) is 93.5 cm³/mol. The lowest BCUT2D eigenvalue weighted by Gasteiger charge is -2.36. The molecular formula is C16H15ClN6O2. The van der Waals surface area contributed by atoms with Gasteiger partial charge in [-0.25, -0.2) is 19.7 Å². The minimum Gasteiger partial charge on any atom is -0.382 e. The van der Waals surface area contributed by atoms with E-state index in [4.69, 9.17) is 17.3 Å². The molecule has 3 amide bonds. The number of benzene rings is 1. The normalized spacial score (nSPS) is 20.2. The van der Waals surface area contributed by atoms with Crippen LogP contribution in [0.5, 0.6) is 0 Å². The lowest BCUT2D eigenvalue weighted by molar-refractivity contribution is -0.119. The highest BCUT2D eigenvalue weighted by Gasteiger charge is 2.48. The van der Waals surface area contributed by atoms with Crippen molar-refractivity contribution in [3.05, 3.63) is 41.7 Å². The summed E-state index contributed by atoms with van der Waals surface area (Å²) in [5.41, 5.74) is 6.30. The van der Waals surface area contributed by atoms with Gasteiger partial charge in [-0.2, -0.15) is 0 Å². The first kappa shape index (κ1) is 15.6. The van der Waals surface area contributed by atoms with Gasteiger partial charge in [0, 0.05) is 19.6 Å². The van der Waals surface area contributed by atoms with Gasteiger partial charge in [-0.3, -0.25) is 4.79 Å². The van der Waals surface area contributed by atoms with Crippen LogP contribution in [0.3, 0.4) is 0 Å². The molecule has 0 aliphatic carbocycles. The molecule has 1 atom stereocenters. The van der Waals surface area contributed by atoms with Crippen molar-refractivity contribution < 1.29 is 9.59 Å². The third-order valence-electron chi connectivity index (χ3n) is 4.43. The average Bonchev–Trinajstić information content (AvgIpc) is 2.88. The van der Waals surface area contributed by atoms with Gasteiger partial charge in [-0.05, 0) is 12.1 Å². The quantitative estimate of drug-likeness (QED) is 0.814. The van der Waals surface area contributed by atoms with Gasteiger partial charge in [0.25, 0.3) is 5.91 Å². The summed E-state index contributed by atoms with van der Waals surface area (Å²) in [5, 5.41) is 0.257. The standard InChI is InChI=1S/C16H15ClN6O2/c17-12-13(18)19-9-20-14(12)21-6-7-22-11(8-21)15(24)23(16(22)25)10-4-2-1-3-5-10/h1-5,9,11H,6-8H2,(H2,18,19,20). The van der Waals surface area contributed by atoms with Crippen molar-refractivity contribution in [2.24, 2.45) is 0 Å². The number of urea groups is 1. The fourth-order valence-corrected chi connectivity index (χ4v) is 3.41. The number of aromatic nitrogens is 2. The number of rotatable bonds is 2. The van der Waals surface area contributed by atoms with Crippen molar-refractivity contribution in [3.8, 4) is 0 Å². The summed E-state index contributed by atoms with van der Waals surface area (Å²) in [7, 11) is 0. The highest BCUT2D eigenvalue weighted by Crippen LogP contribution is 2.32. The summed E-state index contributed by atoms with van der Waals surface area (Å²) in [6, 6.07) is 8.04. The van der Waals surface area contributed by atoms with E-state index in [1.54, 1.807) is 29.2 Å². The fraction of sp³-hybridized carbons (Fsp3) is 0.250. The number of fused-ring (bicyclic) bond motifs is 1. The topological polar surface area (TPSA) is 95.7 Å². The van der Waals surface area contributed by atoms with Gasteiger partial charge >= 0.3 is 6.03 Å². The highest BCUT2D eigenvalue weighted by atomic mass is 35.5. The maximum atomic E-state index is 12.8. The monoisotopic (exact) mass is 358 g/mol. The van der Waals surface area contributed by atoms with E-state index in [9.17, 15) is 9.59 Å². The number of halogens is 1. The summed E-state index contributed by atoms with van der Waals surface area (Å²) in [5.74, 6) is 0.417. The average molecular weight is 359 g/mol. The van der Waals surface area contributed by atoms with Crippen LogP contribution in [0.15, 0.2) is 36.7 Å². The van der Waals surface area contributed by atoms with Crippen LogP contribution >= 0.6 is 11.6 Å². The molecule has 2 aliphatic heterocycles. The Morgan fingerprint density at radius 2 is 1.88 bits per heavy atom. The van der Waals surface area contributed by atoms with Crippen LogP contribution in [0.25, 0.3) is 0 Å². The van der Waals surface area contributed by atoms with E-state index in [0.717, 1.165) is 0 Å². The van der Waals surface area contributed by atoms with E-state index < -0.39 is 6.04 Å². The summed E-state index contributed by atoms with van der Waals surface area (Å²) in [4.78, 5) is 38.2. The molecule has 8 nitrogen and oxygen atoms in total. The maximum Gasteiger partial charge on any atom is 0.332 e. The number of hydrogen-bond donors (Lipinski definition) is 1. The molecule has 1 aromatic carbocycles.